The van der Waals surface area contributed by atoms with Crippen molar-refractivity contribution in [3.63, 3.8) is 0 Å². The molecule has 1 atom stereocenters. The predicted octanol–water partition coefficient (Wildman–Crippen LogP) is 3.60. The molecule has 1 aromatic rings. The Kier molecular flexibility index (Phi) is 6.38. The van der Waals surface area contributed by atoms with Gasteiger partial charge in [0.15, 0.2) is 5.54 Å². The summed E-state index contributed by atoms with van der Waals surface area (Å²) < 4.78 is 62.4. The molecule has 1 aliphatic heterocycles. The molecule has 0 aromatic carbocycles. The zero-order valence-electron chi connectivity index (χ0n) is 18.7. The van der Waals surface area contributed by atoms with E-state index in [-0.39, 0.29) is 4.60 Å². The Morgan fingerprint density at radius 3 is 1.97 bits per heavy atom. The number of carbonyl (C=O) groups is 2. The van der Waals surface area contributed by atoms with Gasteiger partial charge in [-0.2, -0.15) is 8.78 Å². The highest BCUT2D eigenvalue weighted by molar-refractivity contribution is 9.10. The second kappa shape index (κ2) is 7.89. The zero-order chi connectivity index (χ0) is 24.9. The summed E-state index contributed by atoms with van der Waals surface area (Å²) in [6.07, 6.45) is 0. The molecule has 0 bridgehead atoms. The molecule has 178 valence electrons. The van der Waals surface area contributed by atoms with Crippen LogP contribution in [0.4, 0.5) is 13.2 Å². The molecule has 2 heterocycles. The van der Waals surface area contributed by atoms with E-state index in [1.807, 2.05) is 0 Å². The van der Waals surface area contributed by atoms with Crippen molar-refractivity contribution in [2.75, 3.05) is 0 Å². The van der Waals surface area contributed by atoms with E-state index >= 15 is 8.78 Å². The lowest BCUT2D eigenvalue weighted by molar-refractivity contribution is -0.251. The normalized spacial score (nSPS) is 22.4. The Labute approximate surface area is 191 Å². The summed E-state index contributed by atoms with van der Waals surface area (Å²) in [4.78, 5) is 33.6. The van der Waals surface area contributed by atoms with Crippen molar-refractivity contribution < 1.29 is 37.0 Å². The Bertz CT molecular complexity index is 944. The highest BCUT2D eigenvalue weighted by atomic mass is 79.9. The molecular weight excluding hydrogens is 499 g/mol. The van der Waals surface area contributed by atoms with Gasteiger partial charge in [-0.25, -0.2) is 24.0 Å². The van der Waals surface area contributed by atoms with Gasteiger partial charge in [-0.3, -0.25) is 0 Å². The number of hydrogen-bond donors (Lipinski definition) is 1. The molecule has 0 spiro atoms. The molecule has 12 heteroatoms. The molecule has 1 aromatic heterocycles. The molecule has 0 saturated carbocycles. The van der Waals surface area contributed by atoms with Crippen LogP contribution in [0.2, 0.25) is 0 Å². The molecule has 1 aliphatic rings. The van der Waals surface area contributed by atoms with E-state index in [2.05, 4.69) is 25.9 Å². The fourth-order valence-corrected chi connectivity index (χ4v) is 3.27. The number of amidine groups is 1. The number of halogens is 4. The highest BCUT2D eigenvalue weighted by Gasteiger charge is 2.80. The topological polar surface area (TPSA) is 113 Å². The third kappa shape index (κ3) is 4.41. The molecule has 1 unspecified atom stereocenters. The SMILES string of the molecule is CC(C)(C)OC(=O)C1(C(=O)OC(C)(C)C)OC(N)=NC(C)(c2nc(Br)ccc2F)C1(F)F. The van der Waals surface area contributed by atoms with E-state index < -0.39 is 57.7 Å². The first kappa shape index (κ1) is 25.9. The third-order valence-corrected chi connectivity index (χ3v) is 4.73. The monoisotopic (exact) mass is 523 g/mol. The smallest absolute Gasteiger partial charge is 0.369 e. The number of nitrogens with zero attached hydrogens (tertiary/aromatic N) is 2. The quantitative estimate of drug-likeness (QED) is 0.365. The molecule has 0 fully saturated rings. The maximum absolute atomic E-state index is 16.3. The third-order valence-electron chi connectivity index (χ3n) is 4.29. The van der Waals surface area contributed by atoms with Gasteiger partial charge in [0, 0.05) is 0 Å². The number of aliphatic imine (C=N–C) groups is 1. The Morgan fingerprint density at radius 2 is 1.53 bits per heavy atom. The standard InChI is InChI=1S/C20H25BrF3N3O5/c1-16(2,3)30-13(28)19(14(29)31-17(4,5)6)20(23,24)18(7,27-15(25)32-19)12-10(22)8-9-11(21)26-12/h8-9H,1-7H3,(H2,25,27). The van der Waals surface area contributed by atoms with Crippen molar-refractivity contribution in [1.82, 2.24) is 4.98 Å². The molecular formula is C20H25BrF3N3O5. The molecule has 32 heavy (non-hydrogen) atoms. The van der Waals surface area contributed by atoms with E-state index in [1.54, 1.807) is 0 Å². The Hall–Kier alpha value is -2.37. The fraction of sp³-hybridized carbons (Fsp3) is 0.600. The van der Waals surface area contributed by atoms with Gasteiger partial charge in [0.05, 0.1) is 0 Å². The lowest BCUT2D eigenvalue weighted by atomic mass is 9.77. The van der Waals surface area contributed by atoms with Gasteiger partial charge in [-0.15, -0.1) is 0 Å². The van der Waals surface area contributed by atoms with Crippen molar-refractivity contribution in [3.05, 3.63) is 28.2 Å². The lowest BCUT2D eigenvalue weighted by Crippen LogP contribution is -2.73. The number of rotatable bonds is 3. The highest BCUT2D eigenvalue weighted by Crippen LogP contribution is 2.53. The van der Waals surface area contributed by atoms with Gasteiger partial charge >= 0.3 is 23.5 Å². The van der Waals surface area contributed by atoms with E-state index in [1.165, 1.54) is 47.6 Å². The van der Waals surface area contributed by atoms with Gasteiger partial charge in [0.25, 0.3) is 6.02 Å². The van der Waals surface area contributed by atoms with E-state index in [0.717, 1.165) is 13.0 Å². The molecule has 2 rings (SSSR count). The van der Waals surface area contributed by atoms with Crippen LogP contribution in [-0.2, 0) is 29.3 Å². The van der Waals surface area contributed by atoms with Crippen LogP contribution in [0.15, 0.2) is 21.7 Å². The van der Waals surface area contributed by atoms with Crippen LogP contribution in [0.3, 0.4) is 0 Å². The number of hydrogen-bond acceptors (Lipinski definition) is 8. The van der Waals surface area contributed by atoms with Crippen LogP contribution in [0.25, 0.3) is 0 Å². The summed E-state index contributed by atoms with van der Waals surface area (Å²) in [5.74, 6) is -9.29. The second-order valence-corrected chi connectivity index (χ2v) is 10.2. The number of nitrogens with two attached hydrogens (primary N) is 1. The minimum Gasteiger partial charge on any atom is -0.456 e. The average Bonchev–Trinajstić information content (AvgIpc) is 2.57. The van der Waals surface area contributed by atoms with Gasteiger partial charge < -0.3 is 19.9 Å². The molecule has 0 saturated heterocycles. The molecule has 0 amide bonds. The maximum atomic E-state index is 16.3. The summed E-state index contributed by atoms with van der Waals surface area (Å²) in [7, 11) is 0. The van der Waals surface area contributed by atoms with Crippen LogP contribution >= 0.6 is 15.9 Å². The lowest BCUT2D eigenvalue weighted by Gasteiger charge is -2.47. The first-order chi connectivity index (χ1) is 14.3. The fourth-order valence-electron chi connectivity index (χ4n) is 2.96. The summed E-state index contributed by atoms with van der Waals surface area (Å²) in [5, 5.41) is 0. The van der Waals surface area contributed by atoms with Crippen LogP contribution < -0.4 is 5.73 Å². The Morgan fingerprint density at radius 1 is 1.06 bits per heavy atom. The van der Waals surface area contributed by atoms with Gasteiger partial charge in [0.1, 0.15) is 27.3 Å². The van der Waals surface area contributed by atoms with Crippen molar-refractivity contribution >= 4 is 33.9 Å². The van der Waals surface area contributed by atoms with Crippen molar-refractivity contribution in [3.8, 4) is 0 Å². The largest absolute Gasteiger partial charge is 0.456 e. The molecule has 0 radical (unpaired) electrons. The predicted molar refractivity (Wildman–Crippen MR) is 111 cm³/mol. The van der Waals surface area contributed by atoms with Crippen molar-refractivity contribution in [1.29, 1.82) is 0 Å². The summed E-state index contributed by atoms with van der Waals surface area (Å²) >= 11 is 2.99. The summed E-state index contributed by atoms with van der Waals surface area (Å²) in [6, 6.07) is 1.08. The van der Waals surface area contributed by atoms with Crippen molar-refractivity contribution in [2.45, 2.75) is 76.7 Å². The Balaban J connectivity index is 2.87. The van der Waals surface area contributed by atoms with E-state index in [9.17, 15) is 14.0 Å². The molecule has 0 aliphatic carbocycles. The minimum absolute atomic E-state index is 0.00586. The minimum atomic E-state index is -4.57. The number of ether oxygens (including phenoxy) is 3. The van der Waals surface area contributed by atoms with Crippen molar-refractivity contribution in [2.24, 2.45) is 10.7 Å². The second-order valence-electron chi connectivity index (χ2n) is 9.35. The zero-order valence-corrected chi connectivity index (χ0v) is 20.3. The van der Waals surface area contributed by atoms with Gasteiger partial charge in [0.2, 0.25) is 0 Å². The van der Waals surface area contributed by atoms with Gasteiger partial charge in [-0.1, -0.05) is 0 Å². The molecule has 8 nitrogen and oxygen atoms in total. The van der Waals surface area contributed by atoms with Crippen LogP contribution in [-0.4, -0.2) is 45.7 Å². The summed E-state index contributed by atoms with van der Waals surface area (Å²) in [5.41, 5.74) is -4.50. The van der Waals surface area contributed by atoms with Crippen LogP contribution in [0.1, 0.15) is 54.2 Å². The van der Waals surface area contributed by atoms with Crippen LogP contribution in [0, 0.1) is 5.82 Å². The first-order valence-electron chi connectivity index (χ1n) is 9.48. The average molecular weight is 524 g/mol. The van der Waals surface area contributed by atoms with Gasteiger partial charge in [-0.05, 0) is 76.5 Å². The van der Waals surface area contributed by atoms with E-state index in [0.29, 0.717) is 0 Å². The summed E-state index contributed by atoms with van der Waals surface area (Å²) in [6.45, 7) is 9.20. The number of alkyl halides is 2. The molecule has 2 N–H and O–H groups in total. The van der Waals surface area contributed by atoms with Crippen LogP contribution in [0.5, 0.6) is 0 Å². The number of esters is 2. The first-order valence-corrected chi connectivity index (χ1v) is 10.3. The number of pyridine rings is 1. The number of aromatic nitrogens is 1. The van der Waals surface area contributed by atoms with E-state index in [4.69, 9.17) is 19.9 Å². The number of carbonyl (C=O) groups excluding carboxylic acids is 2. The maximum Gasteiger partial charge on any atom is 0.369 e.